The first-order valence-electron chi connectivity index (χ1n) is 14.4. The summed E-state index contributed by atoms with van der Waals surface area (Å²) >= 11 is 0. The van der Waals surface area contributed by atoms with E-state index in [0.29, 0.717) is 44.7 Å². The Balaban J connectivity index is 1.91. The maximum Gasteiger partial charge on any atom is 0.414 e. The highest BCUT2D eigenvalue weighted by molar-refractivity contribution is 6.01. The van der Waals surface area contributed by atoms with Gasteiger partial charge >= 0.3 is 18.3 Å². The quantitative estimate of drug-likeness (QED) is 0.213. The molecule has 43 heavy (non-hydrogen) atoms. The van der Waals surface area contributed by atoms with E-state index in [4.69, 9.17) is 14.2 Å². The molecule has 0 bridgehead atoms. The summed E-state index contributed by atoms with van der Waals surface area (Å²) in [4.78, 5) is 57.5. The Kier molecular flexibility index (Phi) is 11.9. The molecule has 1 aliphatic heterocycles. The third kappa shape index (κ3) is 13.3. The van der Waals surface area contributed by atoms with Gasteiger partial charge in [0.1, 0.15) is 22.8 Å². The first-order valence-corrected chi connectivity index (χ1v) is 14.4. The van der Waals surface area contributed by atoms with Crippen molar-refractivity contribution in [1.82, 2.24) is 35.4 Å². The minimum absolute atomic E-state index is 0.0989. The molecule has 242 valence electrons. The molecule has 2 N–H and O–H groups in total. The minimum Gasteiger partial charge on any atom is -0.444 e. The van der Waals surface area contributed by atoms with Crippen LogP contribution in [0.15, 0.2) is 11.2 Å². The summed E-state index contributed by atoms with van der Waals surface area (Å²) in [6.45, 7) is 19.4. The summed E-state index contributed by atoms with van der Waals surface area (Å²) in [5.74, 6) is -0.214. The zero-order valence-electron chi connectivity index (χ0n) is 27.1. The van der Waals surface area contributed by atoms with E-state index in [9.17, 15) is 19.2 Å². The predicted octanol–water partition coefficient (Wildman–Crippen LogP) is 3.26. The van der Waals surface area contributed by atoms with Crippen LogP contribution in [0.4, 0.5) is 14.4 Å². The molecule has 2 rings (SSSR count). The van der Waals surface area contributed by atoms with Gasteiger partial charge in [0.15, 0.2) is 0 Å². The van der Waals surface area contributed by atoms with Crippen LogP contribution in [0.1, 0.15) is 87.4 Å². The first kappa shape index (κ1) is 35.3. The topological polar surface area (TPSA) is 170 Å². The number of nitrogens with zero attached hydrogens (tertiary/aromatic N) is 6. The number of aryl methyl sites for hydroxylation is 1. The van der Waals surface area contributed by atoms with Crippen LogP contribution in [-0.2, 0) is 25.4 Å². The molecule has 0 aromatic carbocycles. The molecular formula is C28H48N8O7. The number of carbonyl (C=O) groups excluding carboxylic acids is 4. The molecule has 0 radical (unpaired) electrons. The van der Waals surface area contributed by atoms with Crippen LogP contribution < -0.4 is 10.6 Å². The number of hydrogen-bond acceptors (Lipinski definition) is 10. The van der Waals surface area contributed by atoms with Crippen LogP contribution in [0, 0.1) is 0 Å². The van der Waals surface area contributed by atoms with Gasteiger partial charge in [-0.3, -0.25) is 20.4 Å². The Morgan fingerprint density at radius 1 is 0.837 bits per heavy atom. The van der Waals surface area contributed by atoms with E-state index < -0.39 is 35.0 Å². The largest absolute Gasteiger partial charge is 0.444 e. The first-order chi connectivity index (χ1) is 19.7. The number of guanidine groups is 1. The van der Waals surface area contributed by atoms with E-state index in [1.807, 2.05) is 20.8 Å². The highest BCUT2D eigenvalue weighted by Gasteiger charge is 2.30. The molecule has 15 heteroatoms. The van der Waals surface area contributed by atoms with E-state index in [1.165, 1.54) is 4.68 Å². The molecule has 1 fully saturated rings. The van der Waals surface area contributed by atoms with Crippen molar-refractivity contribution in [1.29, 1.82) is 0 Å². The molecule has 15 nitrogen and oxygen atoms in total. The molecule has 0 saturated carbocycles. The lowest BCUT2D eigenvalue weighted by atomic mass is 10.2. The molecular weight excluding hydrogens is 560 g/mol. The summed E-state index contributed by atoms with van der Waals surface area (Å²) in [5.41, 5.74) is -1.39. The van der Waals surface area contributed by atoms with Gasteiger partial charge in [0.05, 0.1) is 5.69 Å². The average Bonchev–Trinajstić information content (AvgIpc) is 3.31. The van der Waals surface area contributed by atoms with Gasteiger partial charge in [-0.15, -0.1) is 5.10 Å². The fourth-order valence-electron chi connectivity index (χ4n) is 3.79. The molecule has 1 aliphatic rings. The van der Waals surface area contributed by atoms with Crippen LogP contribution in [0.3, 0.4) is 0 Å². The monoisotopic (exact) mass is 608 g/mol. The standard InChI is InChI=1S/C28H48N8O7/c1-19(21(37)34-14-16-35(17-15-34)25(40)43-28(8,9)10)36-18-20(32-33-36)12-11-13-29-22(30-23(38)41-26(2,3)4)31-24(39)42-27(5,6)7/h18-19H,11-17H2,1-10H3,(H2,29,30,31,38,39)/t19-/m0/s1. The Bertz CT molecular complexity index is 1120. The van der Waals surface area contributed by atoms with Crippen LogP contribution in [-0.4, -0.2) is 104 Å². The molecule has 4 amide bonds. The number of ether oxygens (including phenoxy) is 3. The highest BCUT2D eigenvalue weighted by Crippen LogP contribution is 2.15. The molecule has 0 spiro atoms. The summed E-state index contributed by atoms with van der Waals surface area (Å²) in [6.07, 6.45) is 0.799. The van der Waals surface area contributed by atoms with Crippen molar-refractivity contribution in [2.45, 2.75) is 105 Å². The molecule has 1 atom stereocenters. The molecule has 1 saturated heterocycles. The van der Waals surface area contributed by atoms with Gasteiger partial charge in [0.25, 0.3) is 0 Å². The van der Waals surface area contributed by atoms with Gasteiger partial charge in [-0.05, 0) is 82.1 Å². The summed E-state index contributed by atoms with van der Waals surface area (Å²) in [5, 5.41) is 13.2. The molecule has 0 aliphatic carbocycles. The second-order valence-corrected chi connectivity index (χ2v) is 13.2. The van der Waals surface area contributed by atoms with E-state index in [2.05, 4.69) is 25.9 Å². The fourth-order valence-corrected chi connectivity index (χ4v) is 3.79. The van der Waals surface area contributed by atoms with E-state index in [1.54, 1.807) is 64.5 Å². The highest BCUT2D eigenvalue weighted by atomic mass is 16.6. The Labute approximate surface area is 253 Å². The number of rotatable bonds is 6. The average molecular weight is 609 g/mol. The van der Waals surface area contributed by atoms with E-state index in [-0.39, 0.29) is 24.5 Å². The van der Waals surface area contributed by atoms with E-state index in [0.717, 1.165) is 0 Å². The summed E-state index contributed by atoms with van der Waals surface area (Å²) < 4.78 is 17.4. The number of alkyl carbamates (subject to hydrolysis) is 2. The zero-order valence-corrected chi connectivity index (χ0v) is 27.1. The number of amides is 4. The van der Waals surface area contributed by atoms with Crippen LogP contribution in [0.2, 0.25) is 0 Å². The third-order valence-corrected chi connectivity index (χ3v) is 5.65. The number of aromatic nitrogens is 3. The zero-order chi connectivity index (χ0) is 32.6. The number of hydrogen-bond donors (Lipinski definition) is 2. The Hall–Kier alpha value is -3.91. The van der Waals surface area contributed by atoms with Gasteiger partial charge in [-0.2, -0.15) is 0 Å². The maximum atomic E-state index is 13.1. The van der Waals surface area contributed by atoms with E-state index >= 15 is 0 Å². The minimum atomic E-state index is -0.768. The van der Waals surface area contributed by atoms with Crippen LogP contribution >= 0.6 is 0 Å². The van der Waals surface area contributed by atoms with Crippen molar-refractivity contribution in [2.75, 3.05) is 32.7 Å². The Morgan fingerprint density at radius 3 is 1.81 bits per heavy atom. The van der Waals surface area contributed by atoms with Crippen LogP contribution in [0.25, 0.3) is 0 Å². The smallest absolute Gasteiger partial charge is 0.414 e. The van der Waals surface area contributed by atoms with Crippen molar-refractivity contribution < 1.29 is 33.4 Å². The van der Waals surface area contributed by atoms with Gasteiger partial charge in [-0.25, -0.2) is 19.1 Å². The van der Waals surface area contributed by atoms with Gasteiger partial charge in [0.2, 0.25) is 11.9 Å². The maximum absolute atomic E-state index is 13.1. The SMILES string of the molecule is C[C@@H](C(=O)N1CCN(C(=O)OC(C)(C)C)CC1)n1cc(CCCN=C(NC(=O)OC(C)(C)C)NC(=O)OC(C)(C)C)nn1. The lowest BCUT2D eigenvalue weighted by Gasteiger charge is -2.36. The van der Waals surface area contributed by atoms with Crippen LogP contribution in [0.5, 0.6) is 0 Å². The molecule has 0 unspecified atom stereocenters. The second kappa shape index (κ2) is 14.5. The van der Waals surface area contributed by atoms with Crippen molar-refractivity contribution in [3.05, 3.63) is 11.9 Å². The van der Waals surface area contributed by atoms with Crippen molar-refractivity contribution >= 4 is 30.1 Å². The van der Waals surface area contributed by atoms with Gasteiger partial charge in [-0.1, -0.05) is 5.21 Å². The van der Waals surface area contributed by atoms with Crippen molar-refractivity contribution in [3.8, 4) is 0 Å². The normalized spacial score (nSPS) is 14.8. The number of carbonyl (C=O) groups is 4. The number of aliphatic imine (C=N–C) groups is 1. The van der Waals surface area contributed by atoms with Crippen molar-refractivity contribution in [2.24, 2.45) is 4.99 Å². The summed E-state index contributed by atoms with van der Waals surface area (Å²) in [6, 6.07) is -0.574. The molecule has 2 heterocycles. The molecule has 1 aromatic rings. The molecule has 1 aromatic heterocycles. The van der Waals surface area contributed by atoms with Gasteiger partial charge < -0.3 is 24.0 Å². The Morgan fingerprint density at radius 2 is 1.33 bits per heavy atom. The fraction of sp³-hybridized carbons (Fsp3) is 0.750. The van der Waals surface area contributed by atoms with Crippen molar-refractivity contribution in [3.63, 3.8) is 0 Å². The number of nitrogens with one attached hydrogen (secondary N) is 2. The predicted molar refractivity (Wildman–Crippen MR) is 158 cm³/mol. The lowest BCUT2D eigenvalue weighted by molar-refractivity contribution is -0.136. The summed E-state index contributed by atoms with van der Waals surface area (Å²) in [7, 11) is 0. The number of piperazine rings is 1. The second-order valence-electron chi connectivity index (χ2n) is 13.2. The lowest BCUT2D eigenvalue weighted by Crippen LogP contribution is -2.52. The third-order valence-electron chi connectivity index (χ3n) is 5.65. The van der Waals surface area contributed by atoms with Gasteiger partial charge in [0, 0.05) is 38.9 Å².